The smallest absolute Gasteiger partial charge is 0.255 e. The Morgan fingerprint density at radius 1 is 0.730 bits per heavy atom. The van der Waals surface area contributed by atoms with Crippen molar-refractivity contribution >= 4 is 35.0 Å². The fraction of sp³-hybridized carbons (Fsp3) is 0.133. The van der Waals surface area contributed by atoms with Crippen molar-refractivity contribution in [2.75, 3.05) is 24.9 Å². The minimum Gasteiger partial charge on any atom is -0.493 e. The van der Waals surface area contributed by atoms with Gasteiger partial charge in [0, 0.05) is 21.8 Å². The van der Waals surface area contributed by atoms with E-state index in [2.05, 4.69) is 10.6 Å². The molecule has 2 amide bonds. The highest BCUT2D eigenvalue weighted by Gasteiger charge is 2.22. The van der Waals surface area contributed by atoms with Gasteiger partial charge in [-0.3, -0.25) is 9.59 Å². The normalized spacial score (nSPS) is 11.3. The van der Waals surface area contributed by atoms with Gasteiger partial charge in [0.2, 0.25) is 5.91 Å². The average molecular weight is 513 g/mol. The molecule has 0 bridgehead atoms. The average Bonchev–Trinajstić information content (AvgIpc) is 2.93. The fourth-order valence-electron chi connectivity index (χ4n) is 3.68. The molecule has 4 rings (SSSR count). The lowest BCUT2D eigenvalue weighted by molar-refractivity contribution is -0.115. The van der Waals surface area contributed by atoms with Gasteiger partial charge in [0.05, 0.1) is 14.2 Å². The maximum atomic E-state index is 13.3. The van der Waals surface area contributed by atoms with E-state index in [1.165, 1.54) is 18.9 Å². The standard InChI is InChI=1S/C30H28N2O4S/c1-20-9-12-23(13-10-20)32-30(34)28(21-7-5-4-6-8-21)37-25-16-14-24(15-17-25)31-29(33)22-11-18-26(35-2)27(19-22)36-3/h4-19,28H,1-3H3,(H,31,33)(H,32,34). The fourth-order valence-corrected chi connectivity index (χ4v) is 4.70. The number of methoxy groups -OCH3 is 2. The Labute approximate surface area is 221 Å². The first-order valence-corrected chi connectivity index (χ1v) is 12.6. The van der Waals surface area contributed by atoms with E-state index >= 15 is 0 Å². The highest BCUT2D eigenvalue weighted by Crippen LogP contribution is 2.37. The molecule has 37 heavy (non-hydrogen) atoms. The van der Waals surface area contributed by atoms with Crippen molar-refractivity contribution in [3.8, 4) is 11.5 Å². The van der Waals surface area contributed by atoms with Gasteiger partial charge in [0.1, 0.15) is 5.25 Å². The van der Waals surface area contributed by atoms with Crippen LogP contribution in [0.2, 0.25) is 0 Å². The molecule has 2 N–H and O–H groups in total. The summed E-state index contributed by atoms with van der Waals surface area (Å²) in [5.74, 6) is 0.671. The summed E-state index contributed by atoms with van der Waals surface area (Å²) in [6.07, 6.45) is 0. The van der Waals surface area contributed by atoms with Crippen molar-refractivity contribution in [1.82, 2.24) is 0 Å². The molecule has 0 aliphatic carbocycles. The Bertz CT molecular complexity index is 1360. The molecular formula is C30H28N2O4S. The molecule has 0 aromatic heterocycles. The summed E-state index contributed by atoms with van der Waals surface area (Å²) in [5, 5.41) is 5.47. The number of aryl methyl sites for hydroxylation is 1. The van der Waals surface area contributed by atoms with Crippen LogP contribution in [-0.4, -0.2) is 26.0 Å². The predicted molar refractivity (Wildman–Crippen MR) is 149 cm³/mol. The number of hydrogen-bond acceptors (Lipinski definition) is 5. The first kappa shape index (κ1) is 25.9. The van der Waals surface area contributed by atoms with Crippen molar-refractivity contribution in [2.45, 2.75) is 17.1 Å². The number of carbonyl (C=O) groups excluding carboxylic acids is 2. The van der Waals surface area contributed by atoms with Gasteiger partial charge in [-0.05, 0) is 67.1 Å². The third kappa shape index (κ3) is 6.71. The topological polar surface area (TPSA) is 76.7 Å². The predicted octanol–water partition coefficient (Wildman–Crippen LogP) is 6.74. The van der Waals surface area contributed by atoms with Gasteiger partial charge in [-0.25, -0.2) is 0 Å². The molecule has 0 aliphatic heterocycles. The zero-order valence-corrected chi connectivity index (χ0v) is 21.7. The minimum atomic E-state index is -0.449. The molecule has 188 valence electrons. The SMILES string of the molecule is COc1ccc(C(=O)Nc2ccc(SC(C(=O)Nc3ccc(C)cc3)c3ccccc3)cc2)cc1OC. The van der Waals surface area contributed by atoms with Gasteiger partial charge in [-0.2, -0.15) is 0 Å². The molecule has 0 fully saturated rings. The van der Waals surface area contributed by atoms with E-state index < -0.39 is 5.25 Å². The van der Waals surface area contributed by atoms with Crippen molar-refractivity contribution < 1.29 is 19.1 Å². The molecule has 1 atom stereocenters. The lowest BCUT2D eigenvalue weighted by atomic mass is 10.1. The second-order valence-electron chi connectivity index (χ2n) is 8.31. The van der Waals surface area contributed by atoms with Crippen LogP contribution in [0.25, 0.3) is 0 Å². The third-order valence-corrected chi connectivity index (χ3v) is 6.94. The molecule has 1 unspecified atom stereocenters. The Hall–Kier alpha value is -4.23. The maximum absolute atomic E-state index is 13.3. The number of amides is 2. The Balaban J connectivity index is 1.47. The lowest BCUT2D eigenvalue weighted by Crippen LogP contribution is -2.19. The molecule has 7 heteroatoms. The molecule has 6 nitrogen and oxygen atoms in total. The second kappa shape index (κ2) is 12.1. The summed E-state index contributed by atoms with van der Waals surface area (Å²) in [5.41, 5.74) is 3.89. The lowest BCUT2D eigenvalue weighted by Gasteiger charge is -2.17. The van der Waals surface area contributed by atoms with E-state index in [0.717, 1.165) is 21.7 Å². The monoisotopic (exact) mass is 512 g/mol. The first-order chi connectivity index (χ1) is 18.0. The van der Waals surface area contributed by atoms with E-state index in [1.807, 2.05) is 85.8 Å². The number of thioether (sulfide) groups is 1. The molecule has 4 aromatic rings. The summed E-state index contributed by atoms with van der Waals surface area (Å²) < 4.78 is 10.5. The molecular weight excluding hydrogens is 484 g/mol. The number of carbonyl (C=O) groups is 2. The highest BCUT2D eigenvalue weighted by atomic mass is 32.2. The zero-order valence-electron chi connectivity index (χ0n) is 20.9. The molecule has 0 heterocycles. The molecule has 4 aromatic carbocycles. The molecule has 0 aliphatic rings. The van der Waals surface area contributed by atoms with E-state index in [9.17, 15) is 9.59 Å². The first-order valence-electron chi connectivity index (χ1n) is 11.7. The van der Waals surface area contributed by atoms with Gasteiger partial charge in [0.25, 0.3) is 5.91 Å². The third-order valence-electron chi connectivity index (χ3n) is 5.67. The summed E-state index contributed by atoms with van der Waals surface area (Å²) in [4.78, 5) is 26.9. The van der Waals surface area contributed by atoms with Gasteiger partial charge >= 0.3 is 0 Å². The van der Waals surface area contributed by atoms with Gasteiger partial charge in [-0.1, -0.05) is 48.0 Å². The number of ether oxygens (including phenoxy) is 2. The Kier molecular flexibility index (Phi) is 8.48. The number of anilines is 2. The van der Waals surface area contributed by atoms with Crippen LogP contribution in [-0.2, 0) is 4.79 Å². The Morgan fingerprint density at radius 2 is 1.35 bits per heavy atom. The van der Waals surface area contributed by atoms with Gasteiger partial charge < -0.3 is 20.1 Å². The molecule has 0 saturated heterocycles. The summed E-state index contributed by atoms with van der Waals surface area (Å²) >= 11 is 1.45. The summed E-state index contributed by atoms with van der Waals surface area (Å²) in [6.45, 7) is 2.01. The maximum Gasteiger partial charge on any atom is 0.255 e. The quantitative estimate of drug-likeness (QED) is 0.243. The highest BCUT2D eigenvalue weighted by molar-refractivity contribution is 8.00. The van der Waals surface area contributed by atoms with Crippen LogP contribution >= 0.6 is 11.8 Å². The van der Waals surface area contributed by atoms with Crippen LogP contribution in [0, 0.1) is 6.92 Å². The van der Waals surface area contributed by atoms with Crippen molar-refractivity contribution in [3.05, 3.63) is 114 Å². The largest absolute Gasteiger partial charge is 0.493 e. The van der Waals surface area contributed by atoms with Crippen LogP contribution in [0.1, 0.15) is 26.7 Å². The molecule has 0 saturated carbocycles. The van der Waals surface area contributed by atoms with Crippen molar-refractivity contribution in [3.63, 3.8) is 0 Å². The van der Waals surface area contributed by atoms with Crippen LogP contribution in [0.3, 0.4) is 0 Å². The van der Waals surface area contributed by atoms with E-state index in [-0.39, 0.29) is 11.8 Å². The number of rotatable bonds is 9. The summed E-state index contributed by atoms with van der Waals surface area (Å²) in [6, 6.07) is 29.8. The zero-order chi connectivity index (χ0) is 26.2. The summed E-state index contributed by atoms with van der Waals surface area (Å²) in [7, 11) is 3.07. The van der Waals surface area contributed by atoms with Crippen LogP contribution in [0.4, 0.5) is 11.4 Å². The number of benzene rings is 4. The second-order valence-corrected chi connectivity index (χ2v) is 9.49. The number of hydrogen-bond donors (Lipinski definition) is 2. The van der Waals surface area contributed by atoms with Crippen molar-refractivity contribution in [2.24, 2.45) is 0 Å². The van der Waals surface area contributed by atoms with Crippen LogP contribution in [0.15, 0.2) is 102 Å². The van der Waals surface area contributed by atoms with E-state index in [4.69, 9.17) is 9.47 Å². The van der Waals surface area contributed by atoms with Crippen molar-refractivity contribution in [1.29, 1.82) is 0 Å². The molecule has 0 radical (unpaired) electrons. The number of nitrogens with one attached hydrogen (secondary N) is 2. The van der Waals surface area contributed by atoms with Crippen LogP contribution in [0.5, 0.6) is 11.5 Å². The van der Waals surface area contributed by atoms with Crippen LogP contribution < -0.4 is 20.1 Å². The van der Waals surface area contributed by atoms with E-state index in [0.29, 0.717) is 22.7 Å². The molecule has 0 spiro atoms. The van der Waals surface area contributed by atoms with Gasteiger partial charge in [0.15, 0.2) is 11.5 Å². The van der Waals surface area contributed by atoms with E-state index in [1.54, 1.807) is 25.3 Å². The van der Waals surface area contributed by atoms with Gasteiger partial charge in [-0.15, -0.1) is 11.8 Å². The Morgan fingerprint density at radius 3 is 2.00 bits per heavy atom. The minimum absolute atomic E-state index is 0.106.